The number of para-hydroxylation sites is 2. The highest BCUT2D eigenvalue weighted by molar-refractivity contribution is 5.94. The third kappa shape index (κ3) is 4.50. The lowest BCUT2D eigenvalue weighted by atomic mass is 9.95. The minimum absolute atomic E-state index is 0.0378. The molecule has 0 spiro atoms. The van der Waals surface area contributed by atoms with Crippen LogP contribution >= 0.6 is 0 Å². The molecule has 0 unspecified atom stereocenters. The molecule has 1 aromatic carbocycles. The molecule has 0 saturated carbocycles. The molecular weight excluding hydrogens is 390 g/mol. The molecule has 160 valence electrons. The number of amides is 1. The molecule has 3 aromatic rings. The number of methoxy groups -OCH3 is 1. The number of benzene rings is 1. The molecule has 1 amide bonds. The van der Waals surface area contributed by atoms with Crippen molar-refractivity contribution in [2.75, 3.05) is 30.4 Å². The molecule has 1 saturated heterocycles. The van der Waals surface area contributed by atoms with Gasteiger partial charge in [0.15, 0.2) is 5.82 Å². The lowest BCUT2D eigenvalue weighted by Crippen LogP contribution is -2.39. The van der Waals surface area contributed by atoms with Gasteiger partial charge in [-0.3, -0.25) is 9.78 Å². The number of anilines is 2. The summed E-state index contributed by atoms with van der Waals surface area (Å²) in [7, 11) is 1.61. The number of ether oxygens (including phenoxy) is 1. The van der Waals surface area contributed by atoms with E-state index in [1.54, 1.807) is 19.5 Å². The van der Waals surface area contributed by atoms with Gasteiger partial charge >= 0.3 is 0 Å². The maximum atomic E-state index is 12.8. The molecule has 1 N–H and O–H groups in total. The van der Waals surface area contributed by atoms with E-state index in [1.807, 2.05) is 43.3 Å². The van der Waals surface area contributed by atoms with E-state index in [-0.39, 0.29) is 11.8 Å². The van der Waals surface area contributed by atoms with Crippen LogP contribution in [0.15, 0.2) is 48.8 Å². The number of carbonyl (C=O) groups is 1. The Morgan fingerprint density at radius 2 is 1.87 bits per heavy atom. The van der Waals surface area contributed by atoms with Crippen molar-refractivity contribution >= 4 is 17.4 Å². The zero-order valence-corrected chi connectivity index (χ0v) is 18.1. The molecule has 0 aliphatic carbocycles. The third-order valence-corrected chi connectivity index (χ3v) is 5.81. The summed E-state index contributed by atoms with van der Waals surface area (Å²) < 4.78 is 5.34. The number of aromatic nitrogens is 3. The molecule has 3 heterocycles. The minimum atomic E-state index is -0.0396. The Morgan fingerprint density at radius 1 is 1.10 bits per heavy atom. The molecule has 4 rings (SSSR count). The van der Waals surface area contributed by atoms with Crippen LogP contribution in [-0.4, -0.2) is 41.1 Å². The molecule has 2 aromatic heterocycles. The van der Waals surface area contributed by atoms with E-state index in [0.717, 1.165) is 48.6 Å². The molecule has 0 radical (unpaired) electrons. The van der Waals surface area contributed by atoms with Gasteiger partial charge in [0.25, 0.3) is 0 Å². The molecule has 1 fully saturated rings. The molecule has 31 heavy (non-hydrogen) atoms. The second-order valence-electron chi connectivity index (χ2n) is 7.77. The van der Waals surface area contributed by atoms with Crippen LogP contribution in [0.5, 0.6) is 5.75 Å². The van der Waals surface area contributed by atoms with Crippen molar-refractivity contribution in [1.82, 2.24) is 15.0 Å². The van der Waals surface area contributed by atoms with E-state index >= 15 is 0 Å². The van der Waals surface area contributed by atoms with Gasteiger partial charge in [0, 0.05) is 48.2 Å². The Kier molecular flexibility index (Phi) is 6.11. The first-order chi connectivity index (χ1) is 15.1. The predicted molar refractivity (Wildman–Crippen MR) is 121 cm³/mol. The summed E-state index contributed by atoms with van der Waals surface area (Å²) in [6.45, 7) is 5.60. The summed E-state index contributed by atoms with van der Waals surface area (Å²) in [4.78, 5) is 28.8. The van der Waals surface area contributed by atoms with Crippen LogP contribution in [0.4, 0.5) is 11.5 Å². The fourth-order valence-electron chi connectivity index (χ4n) is 3.88. The van der Waals surface area contributed by atoms with Crippen LogP contribution in [0.25, 0.3) is 11.4 Å². The van der Waals surface area contributed by atoms with Crippen LogP contribution in [0.3, 0.4) is 0 Å². The highest BCUT2D eigenvalue weighted by atomic mass is 16.5. The number of hydrogen-bond acceptors (Lipinski definition) is 6. The largest absolute Gasteiger partial charge is 0.495 e. The average Bonchev–Trinajstić information content (AvgIpc) is 2.82. The zero-order valence-electron chi connectivity index (χ0n) is 18.1. The number of aryl methyl sites for hydroxylation is 1. The predicted octanol–water partition coefficient (Wildman–Crippen LogP) is 4.02. The van der Waals surface area contributed by atoms with Gasteiger partial charge in [-0.15, -0.1) is 0 Å². The van der Waals surface area contributed by atoms with Gasteiger partial charge in [-0.2, -0.15) is 0 Å². The number of piperidine rings is 1. The van der Waals surface area contributed by atoms with Crippen LogP contribution in [0.2, 0.25) is 0 Å². The maximum Gasteiger partial charge on any atom is 0.227 e. The monoisotopic (exact) mass is 417 g/mol. The molecule has 1 aliphatic rings. The smallest absolute Gasteiger partial charge is 0.227 e. The van der Waals surface area contributed by atoms with E-state index in [4.69, 9.17) is 9.72 Å². The normalized spacial score (nSPS) is 14.4. The van der Waals surface area contributed by atoms with Crippen molar-refractivity contribution in [3.8, 4) is 17.1 Å². The molecule has 1 aliphatic heterocycles. The summed E-state index contributed by atoms with van der Waals surface area (Å²) in [5.41, 5.74) is 3.64. The SMILES string of the molecule is COc1ccccc1NC(=O)C1CCN(c2nc(-c3cccnc3)nc(C)c2C)CC1. The standard InChI is InChI=1S/C24H27N5O2/c1-16-17(2)26-22(19-7-6-12-25-15-19)28-23(16)29-13-10-18(11-14-29)24(30)27-20-8-4-5-9-21(20)31-3/h4-9,12,15,18H,10-11,13-14H2,1-3H3,(H,27,30). The Bertz CT molecular complexity index is 1060. The second kappa shape index (κ2) is 9.12. The quantitative estimate of drug-likeness (QED) is 0.675. The lowest BCUT2D eigenvalue weighted by Gasteiger charge is -2.33. The van der Waals surface area contributed by atoms with E-state index in [0.29, 0.717) is 17.3 Å². The Balaban J connectivity index is 1.46. The van der Waals surface area contributed by atoms with Crippen molar-refractivity contribution in [2.24, 2.45) is 5.92 Å². The first-order valence-corrected chi connectivity index (χ1v) is 10.5. The molecule has 7 nitrogen and oxygen atoms in total. The zero-order chi connectivity index (χ0) is 21.8. The summed E-state index contributed by atoms with van der Waals surface area (Å²) in [5, 5.41) is 3.02. The van der Waals surface area contributed by atoms with Crippen LogP contribution in [0.1, 0.15) is 24.1 Å². The lowest BCUT2D eigenvalue weighted by molar-refractivity contribution is -0.120. The maximum absolute atomic E-state index is 12.8. The van der Waals surface area contributed by atoms with Gasteiger partial charge < -0.3 is 15.0 Å². The number of nitrogens with zero attached hydrogens (tertiary/aromatic N) is 4. The fraction of sp³-hybridized carbons (Fsp3) is 0.333. The second-order valence-corrected chi connectivity index (χ2v) is 7.77. The molecule has 7 heteroatoms. The van der Waals surface area contributed by atoms with E-state index in [2.05, 4.69) is 27.1 Å². The van der Waals surface area contributed by atoms with Gasteiger partial charge in [0.1, 0.15) is 11.6 Å². The van der Waals surface area contributed by atoms with Gasteiger partial charge in [0.2, 0.25) is 5.91 Å². The highest BCUT2D eigenvalue weighted by Gasteiger charge is 2.27. The first kappa shape index (κ1) is 20.8. The van der Waals surface area contributed by atoms with Crippen molar-refractivity contribution in [3.05, 3.63) is 60.0 Å². The topological polar surface area (TPSA) is 80.2 Å². The van der Waals surface area contributed by atoms with E-state index < -0.39 is 0 Å². The first-order valence-electron chi connectivity index (χ1n) is 10.5. The van der Waals surface area contributed by atoms with Crippen LogP contribution in [-0.2, 0) is 4.79 Å². The number of carbonyl (C=O) groups excluding carboxylic acids is 1. The van der Waals surface area contributed by atoms with Gasteiger partial charge in [-0.1, -0.05) is 12.1 Å². The summed E-state index contributed by atoms with van der Waals surface area (Å²) in [6, 6.07) is 11.3. The van der Waals surface area contributed by atoms with Gasteiger partial charge in [0.05, 0.1) is 12.8 Å². The van der Waals surface area contributed by atoms with Crippen molar-refractivity contribution in [3.63, 3.8) is 0 Å². The van der Waals surface area contributed by atoms with Crippen LogP contribution < -0.4 is 15.0 Å². The van der Waals surface area contributed by atoms with Gasteiger partial charge in [-0.25, -0.2) is 9.97 Å². The Morgan fingerprint density at radius 3 is 2.58 bits per heavy atom. The van der Waals surface area contributed by atoms with Crippen molar-refractivity contribution < 1.29 is 9.53 Å². The fourth-order valence-corrected chi connectivity index (χ4v) is 3.88. The van der Waals surface area contributed by atoms with E-state index in [9.17, 15) is 4.79 Å². The number of pyridine rings is 1. The average molecular weight is 418 g/mol. The molecule has 0 bridgehead atoms. The summed E-state index contributed by atoms with van der Waals surface area (Å²) in [6.07, 6.45) is 5.06. The van der Waals surface area contributed by atoms with Gasteiger partial charge in [-0.05, 0) is 51.0 Å². The molecular formula is C24H27N5O2. The van der Waals surface area contributed by atoms with Crippen LogP contribution in [0, 0.1) is 19.8 Å². The Labute approximate surface area is 182 Å². The number of hydrogen-bond donors (Lipinski definition) is 1. The highest BCUT2D eigenvalue weighted by Crippen LogP contribution is 2.29. The number of rotatable bonds is 5. The third-order valence-electron chi connectivity index (χ3n) is 5.81. The summed E-state index contributed by atoms with van der Waals surface area (Å²) in [5.74, 6) is 2.29. The van der Waals surface area contributed by atoms with Crippen molar-refractivity contribution in [2.45, 2.75) is 26.7 Å². The van der Waals surface area contributed by atoms with Crippen molar-refractivity contribution in [1.29, 1.82) is 0 Å². The summed E-state index contributed by atoms with van der Waals surface area (Å²) >= 11 is 0. The molecule has 0 atom stereocenters. The Hall–Kier alpha value is -3.48. The number of nitrogens with one attached hydrogen (secondary N) is 1. The van der Waals surface area contributed by atoms with E-state index in [1.165, 1.54) is 0 Å². The minimum Gasteiger partial charge on any atom is -0.495 e.